The van der Waals surface area contributed by atoms with Crippen molar-refractivity contribution in [3.8, 4) is 0 Å². The molecule has 15 heteroatoms. The Bertz CT molecular complexity index is 1420. The number of hydrogen-bond donors (Lipinski definition) is 9. The van der Waals surface area contributed by atoms with E-state index in [-0.39, 0.29) is 36.6 Å². The van der Waals surface area contributed by atoms with Gasteiger partial charge in [-0.25, -0.2) is 0 Å². The fraction of sp³-hybridized carbons (Fsp3) is 0.949. The van der Waals surface area contributed by atoms with Gasteiger partial charge >= 0.3 is 0 Å². The van der Waals surface area contributed by atoms with Crippen molar-refractivity contribution in [3.63, 3.8) is 0 Å². The molecule has 0 unspecified atom stereocenters. The summed E-state index contributed by atoms with van der Waals surface area (Å²) in [5.74, 6) is -0.946. The van der Waals surface area contributed by atoms with Crippen molar-refractivity contribution in [1.29, 1.82) is 0 Å². The molecule has 0 radical (unpaired) electrons. The van der Waals surface area contributed by atoms with E-state index >= 15 is 0 Å². The van der Waals surface area contributed by atoms with E-state index in [4.69, 9.17) is 28.4 Å². The second-order valence-electron chi connectivity index (χ2n) is 18.4. The molecule has 7 fully saturated rings. The minimum absolute atomic E-state index is 0.0677. The van der Waals surface area contributed by atoms with Crippen LogP contribution in [0.25, 0.3) is 0 Å². The number of aliphatic hydroxyl groups is 9. The van der Waals surface area contributed by atoms with Gasteiger partial charge in [0.1, 0.15) is 54.4 Å². The van der Waals surface area contributed by atoms with E-state index in [9.17, 15) is 46.0 Å². The topological polar surface area (TPSA) is 237 Å². The van der Waals surface area contributed by atoms with Crippen LogP contribution in [0.4, 0.5) is 0 Å². The molecule has 8 rings (SSSR count). The Kier molecular flexibility index (Phi) is 10.5. The lowest BCUT2D eigenvalue weighted by atomic mass is 9.46. The van der Waals surface area contributed by atoms with Crippen LogP contribution >= 0.6 is 0 Å². The maximum absolute atomic E-state index is 12.7. The normalized spacial score (nSPS) is 58.6. The van der Waals surface area contributed by atoms with Crippen LogP contribution in [0.5, 0.6) is 0 Å². The summed E-state index contributed by atoms with van der Waals surface area (Å²) in [5.41, 5.74) is -0.389. The van der Waals surface area contributed by atoms with Gasteiger partial charge in [-0.15, -0.1) is 0 Å². The molecule has 3 saturated carbocycles. The number of hydrogen-bond acceptors (Lipinski definition) is 15. The minimum Gasteiger partial charge on any atom is -0.396 e. The summed E-state index contributed by atoms with van der Waals surface area (Å²) in [6.07, 6.45) is -7.29. The standard InChI is InChI=1S/C39H62O15/c1-17-28(43)29(44)31(46)34(50-17)53-33-25(15-41)52-35(32(47)30(33)45)51-21-7-9-36(3)20(12-21)5-6-22-23(36)8-10-37(4)24(22)13-27-38(37,48)18(2)39(54-27)26(42)11-19(14-40)16-49-39/h5,17-19,21-35,40-48H,6-16H2,1-4H3/t17-,18-,19-,21-,22+,23-,24-,25+,26-,27-,28-,29+,30+,31+,32+,33+,34-,35+,36-,37-,38+,39-/m0/s1. The molecule has 308 valence electrons. The van der Waals surface area contributed by atoms with Crippen LogP contribution in [0, 0.1) is 40.4 Å². The zero-order chi connectivity index (χ0) is 38.7. The second-order valence-corrected chi connectivity index (χ2v) is 18.4. The van der Waals surface area contributed by atoms with Crippen molar-refractivity contribution >= 4 is 0 Å². The molecule has 0 aromatic heterocycles. The summed E-state index contributed by atoms with van der Waals surface area (Å²) < 4.78 is 36.4. The zero-order valence-corrected chi connectivity index (χ0v) is 31.7. The van der Waals surface area contributed by atoms with E-state index in [2.05, 4.69) is 19.9 Å². The summed E-state index contributed by atoms with van der Waals surface area (Å²) in [6, 6.07) is 0. The van der Waals surface area contributed by atoms with E-state index < -0.39 is 103 Å². The molecule has 4 aliphatic carbocycles. The van der Waals surface area contributed by atoms with Gasteiger partial charge in [0.15, 0.2) is 18.4 Å². The maximum Gasteiger partial charge on any atom is 0.200 e. The number of allylic oxidation sites excluding steroid dienone is 1. The van der Waals surface area contributed by atoms with Gasteiger partial charge in [0, 0.05) is 23.9 Å². The lowest BCUT2D eigenvalue weighted by molar-refractivity contribution is -0.360. The average Bonchev–Trinajstić information content (AvgIpc) is 3.52. The molecule has 8 aliphatic rings. The monoisotopic (exact) mass is 770 g/mol. The third-order valence-electron chi connectivity index (χ3n) is 16.0. The van der Waals surface area contributed by atoms with Gasteiger partial charge in [-0.1, -0.05) is 32.4 Å². The first kappa shape index (κ1) is 39.9. The minimum atomic E-state index is -1.64. The van der Waals surface area contributed by atoms with E-state index in [1.807, 2.05) is 6.92 Å². The van der Waals surface area contributed by atoms with Crippen molar-refractivity contribution < 1.29 is 74.4 Å². The van der Waals surface area contributed by atoms with Crippen molar-refractivity contribution in [2.24, 2.45) is 40.4 Å². The van der Waals surface area contributed by atoms with Crippen LogP contribution in [-0.2, 0) is 28.4 Å². The highest BCUT2D eigenvalue weighted by Gasteiger charge is 2.77. The smallest absolute Gasteiger partial charge is 0.200 e. The van der Waals surface area contributed by atoms with E-state index in [0.29, 0.717) is 37.5 Å². The molecule has 4 saturated heterocycles. The molecule has 22 atom stereocenters. The van der Waals surface area contributed by atoms with Gasteiger partial charge in [-0.05, 0) is 81.5 Å². The lowest BCUT2D eigenvalue weighted by Crippen LogP contribution is -2.64. The van der Waals surface area contributed by atoms with Crippen molar-refractivity contribution in [1.82, 2.24) is 0 Å². The molecule has 0 aromatic rings. The van der Waals surface area contributed by atoms with E-state index in [1.165, 1.54) is 12.5 Å². The van der Waals surface area contributed by atoms with Crippen molar-refractivity contribution in [2.45, 2.75) is 170 Å². The van der Waals surface area contributed by atoms with Gasteiger partial charge in [0.2, 0.25) is 0 Å². The third kappa shape index (κ3) is 5.70. The van der Waals surface area contributed by atoms with Crippen molar-refractivity contribution in [3.05, 3.63) is 11.6 Å². The first-order valence-electron chi connectivity index (χ1n) is 20.2. The molecule has 0 bridgehead atoms. The average molecular weight is 771 g/mol. The summed E-state index contributed by atoms with van der Waals surface area (Å²) in [5, 5.41) is 96.8. The fourth-order valence-electron chi connectivity index (χ4n) is 12.7. The van der Waals surface area contributed by atoms with Crippen LogP contribution in [0.1, 0.15) is 79.1 Å². The van der Waals surface area contributed by atoms with E-state index in [1.54, 1.807) is 0 Å². The quantitative estimate of drug-likeness (QED) is 0.154. The van der Waals surface area contributed by atoms with Gasteiger partial charge in [0.25, 0.3) is 0 Å². The van der Waals surface area contributed by atoms with Gasteiger partial charge in [0.05, 0.1) is 31.5 Å². The Morgan fingerprint density at radius 2 is 1.54 bits per heavy atom. The molecule has 0 aromatic carbocycles. The molecule has 15 nitrogen and oxygen atoms in total. The summed E-state index contributed by atoms with van der Waals surface area (Å²) in [7, 11) is 0. The Hall–Kier alpha value is -0.860. The number of rotatable bonds is 6. The predicted molar refractivity (Wildman–Crippen MR) is 186 cm³/mol. The Balaban J connectivity index is 0.929. The van der Waals surface area contributed by atoms with Crippen LogP contribution in [-0.4, -0.2) is 157 Å². The Labute approximate surface area is 316 Å². The molecule has 54 heavy (non-hydrogen) atoms. The van der Waals surface area contributed by atoms with Crippen molar-refractivity contribution in [2.75, 3.05) is 19.8 Å². The van der Waals surface area contributed by atoms with E-state index in [0.717, 1.165) is 25.7 Å². The summed E-state index contributed by atoms with van der Waals surface area (Å²) in [4.78, 5) is 0. The second kappa shape index (κ2) is 14.2. The Morgan fingerprint density at radius 1 is 0.815 bits per heavy atom. The lowest BCUT2D eigenvalue weighted by Gasteiger charge is -2.60. The molecule has 0 amide bonds. The van der Waals surface area contributed by atoms with Gasteiger partial charge in [-0.3, -0.25) is 0 Å². The third-order valence-corrected chi connectivity index (χ3v) is 16.0. The Morgan fingerprint density at radius 3 is 2.24 bits per heavy atom. The van der Waals surface area contributed by atoms with Crippen LogP contribution in [0.15, 0.2) is 11.6 Å². The molecular weight excluding hydrogens is 708 g/mol. The number of fused-ring (bicyclic) bond motifs is 7. The first-order chi connectivity index (χ1) is 25.5. The number of ether oxygens (including phenoxy) is 6. The van der Waals surface area contributed by atoms with Gasteiger partial charge in [-0.2, -0.15) is 0 Å². The fourth-order valence-corrected chi connectivity index (χ4v) is 12.7. The number of aliphatic hydroxyl groups excluding tert-OH is 8. The van der Waals surface area contributed by atoms with Gasteiger partial charge < -0.3 is 74.4 Å². The SMILES string of the molecule is C[C@@H]1O[C@@H](O[C@H]2[C@H](O)[C@@H](O)[C@H](O[C@H]3CC[C@@]4(C)C(=CC[C@@H]5[C@@H]4CC[C@@]4(C)[C@H]5C[C@@H]5O[C@@]6(OC[C@H](CO)C[C@@H]6O)[C@@H](C)[C@@]54O)C3)O[C@@H]2CO)[C@H](O)[C@H](O)[C@H]1O. The highest BCUT2D eigenvalue weighted by atomic mass is 16.7. The molecule has 9 N–H and O–H groups in total. The molecule has 4 heterocycles. The maximum atomic E-state index is 12.7. The van der Waals surface area contributed by atoms with Crippen LogP contribution in [0.2, 0.25) is 0 Å². The van der Waals surface area contributed by atoms with Crippen LogP contribution in [0.3, 0.4) is 0 Å². The molecule has 1 spiro atoms. The summed E-state index contributed by atoms with van der Waals surface area (Å²) in [6.45, 7) is 7.63. The largest absolute Gasteiger partial charge is 0.396 e. The van der Waals surface area contributed by atoms with Crippen LogP contribution < -0.4 is 0 Å². The first-order valence-corrected chi connectivity index (χ1v) is 20.2. The predicted octanol–water partition coefficient (Wildman–Crippen LogP) is -0.552. The zero-order valence-electron chi connectivity index (χ0n) is 31.7. The molecule has 4 aliphatic heterocycles. The highest BCUT2D eigenvalue weighted by Crippen LogP contribution is 2.72. The summed E-state index contributed by atoms with van der Waals surface area (Å²) >= 11 is 0. The molecular formula is C39H62O15. The highest BCUT2D eigenvalue weighted by molar-refractivity contribution is 5.29.